The molecule has 3 aliphatic rings. The SMILES string of the molecule is C1=CC(c2ccc(N3c4ccc(-c5ccccc5)cc4B4c5cc(-c6ccccc6)ccc5N(c5ccc(-c6ccccc6)cc5)c5cc(-n6c7ccccc7c7ccccc76)cc3c54)cc2)=CCC1. The quantitative estimate of drug-likeness (QED) is 0.148. The summed E-state index contributed by atoms with van der Waals surface area (Å²) in [6.45, 7) is -0.0811. The lowest BCUT2D eigenvalue weighted by Gasteiger charge is -2.44. The average molecular weight is 892 g/mol. The third-order valence-electron chi connectivity index (χ3n) is 14.8. The largest absolute Gasteiger partial charge is 0.311 e. The van der Waals surface area contributed by atoms with Crippen LogP contribution in [0.5, 0.6) is 0 Å². The highest BCUT2D eigenvalue weighted by Crippen LogP contribution is 2.47. The Hall–Kier alpha value is -8.86. The number of hydrogen-bond acceptors (Lipinski definition) is 2. The Morgan fingerprint density at radius 3 is 1.24 bits per heavy atom. The van der Waals surface area contributed by atoms with Crippen LogP contribution < -0.4 is 26.2 Å². The summed E-state index contributed by atoms with van der Waals surface area (Å²) in [5, 5.41) is 2.48. The van der Waals surface area contributed by atoms with Crippen molar-refractivity contribution < 1.29 is 0 Å². The van der Waals surface area contributed by atoms with Crippen LogP contribution in [0.1, 0.15) is 18.4 Å². The lowest BCUT2D eigenvalue weighted by molar-refractivity contribution is 1.04. The van der Waals surface area contributed by atoms with Gasteiger partial charge in [-0.25, -0.2) is 0 Å². The minimum atomic E-state index is -0.0811. The highest BCUT2D eigenvalue weighted by atomic mass is 15.2. The van der Waals surface area contributed by atoms with Crippen molar-refractivity contribution in [1.29, 1.82) is 0 Å². The highest BCUT2D eigenvalue weighted by molar-refractivity contribution is 7.00. The Morgan fingerprint density at radius 2 is 0.757 bits per heavy atom. The number of nitrogens with zero attached hydrogens (tertiary/aromatic N) is 3. The summed E-state index contributed by atoms with van der Waals surface area (Å²) >= 11 is 0. The van der Waals surface area contributed by atoms with Crippen LogP contribution in [-0.4, -0.2) is 11.3 Å². The van der Waals surface area contributed by atoms with Gasteiger partial charge in [0.15, 0.2) is 0 Å². The summed E-state index contributed by atoms with van der Waals surface area (Å²) in [4.78, 5) is 5.09. The Morgan fingerprint density at radius 1 is 0.329 bits per heavy atom. The summed E-state index contributed by atoms with van der Waals surface area (Å²) < 4.78 is 2.48. The predicted molar refractivity (Wildman–Crippen MR) is 297 cm³/mol. The van der Waals surface area contributed by atoms with Gasteiger partial charge in [-0.1, -0.05) is 194 Å². The van der Waals surface area contributed by atoms with Crippen molar-refractivity contribution in [3.8, 4) is 39.1 Å². The van der Waals surface area contributed by atoms with Gasteiger partial charge in [-0.3, -0.25) is 0 Å². The Balaban J connectivity index is 1.09. The third-order valence-corrected chi connectivity index (χ3v) is 14.8. The lowest BCUT2D eigenvalue weighted by Crippen LogP contribution is -2.61. The maximum Gasteiger partial charge on any atom is 0.252 e. The fraction of sp³-hybridized carbons (Fsp3) is 0.0303. The number of allylic oxidation sites excluding steroid dienone is 4. The molecule has 0 unspecified atom stereocenters. The van der Waals surface area contributed by atoms with Crippen LogP contribution in [-0.2, 0) is 0 Å². The van der Waals surface area contributed by atoms with E-state index in [2.05, 4.69) is 269 Å². The van der Waals surface area contributed by atoms with Gasteiger partial charge in [-0.15, -0.1) is 0 Å². The number of rotatable bonds is 7. The monoisotopic (exact) mass is 891 g/mol. The van der Waals surface area contributed by atoms with Crippen LogP contribution in [0.3, 0.4) is 0 Å². The molecule has 3 nitrogen and oxygen atoms in total. The smallest absolute Gasteiger partial charge is 0.252 e. The van der Waals surface area contributed by atoms with E-state index >= 15 is 0 Å². The van der Waals surface area contributed by atoms with Gasteiger partial charge in [0.05, 0.1) is 16.7 Å². The van der Waals surface area contributed by atoms with E-state index in [1.54, 1.807) is 0 Å². The van der Waals surface area contributed by atoms with E-state index in [1.807, 2.05) is 0 Å². The summed E-state index contributed by atoms with van der Waals surface area (Å²) in [6, 6.07) is 87.9. The molecular formula is C66H46BN3. The van der Waals surface area contributed by atoms with Crippen LogP contribution in [0.25, 0.3) is 66.4 Å². The Bertz CT molecular complexity index is 3820. The van der Waals surface area contributed by atoms with Crippen molar-refractivity contribution in [1.82, 2.24) is 4.57 Å². The zero-order valence-electron chi connectivity index (χ0n) is 38.6. The van der Waals surface area contributed by atoms with Crippen LogP contribution in [0.4, 0.5) is 34.1 Å². The van der Waals surface area contributed by atoms with Crippen molar-refractivity contribution >= 4 is 84.6 Å². The molecule has 328 valence electrons. The number of fused-ring (bicyclic) bond motifs is 7. The number of hydrogen-bond donors (Lipinski definition) is 0. The molecule has 0 amide bonds. The van der Waals surface area contributed by atoms with Gasteiger partial charge in [-0.05, 0) is 134 Å². The molecule has 1 aliphatic carbocycles. The van der Waals surface area contributed by atoms with E-state index in [9.17, 15) is 0 Å². The number of aromatic nitrogens is 1. The summed E-state index contributed by atoms with van der Waals surface area (Å²) in [7, 11) is 0. The van der Waals surface area contributed by atoms with Crippen molar-refractivity contribution in [2.45, 2.75) is 12.8 Å². The molecular weight excluding hydrogens is 846 g/mol. The molecule has 1 aromatic heterocycles. The minimum absolute atomic E-state index is 0.0811. The molecule has 4 heteroatoms. The second-order valence-corrected chi connectivity index (χ2v) is 18.7. The standard InChI is InChI=1S/C66H46BN3/c1-5-17-45(18-6-1)49-29-35-53(36-30-49)68-62-39-33-51(47-21-9-3-10-22-47)41-58(62)67-59-42-52(48-23-11-4-12-24-48)34-40-63(59)69(54-37-31-50(32-38-54)46-19-7-2-8-20-46)65-44-55(43-64(68)66(65)67)70-60-27-15-13-25-56(60)57-26-14-16-28-61(57)70/h1,3-7,9-44H,2,8H2. The maximum absolute atomic E-state index is 2.55. The molecule has 0 saturated heterocycles. The molecule has 0 saturated carbocycles. The van der Waals surface area contributed by atoms with Gasteiger partial charge in [0.2, 0.25) is 0 Å². The summed E-state index contributed by atoms with van der Waals surface area (Å²) in [5.74, 6) is 0. The molecule has 0 fully saturated rings. The Labute approximate surface area is 409 Å². The van der Waals surface area contributed by atoms with E-state index in [-0.39, 0.29) is 6.71 Å². The van der Waals surface area contributed by atoms with Crippen LogP contribution >= 0.6 is 0 Å². The maximum atomic E-state index is 2.55. The first-order valence-electron chi connectivity index (χ1n) is 24.5. The number of para-hydroxylation sites is 2. The molecule has 70 heavy (non-hydrogen) atoms. The van der Waals surface area contributed by atoms with Gasteiger partial charge in [-0.2, -0.15) is 0 Å². The number of anilines is 6. The first-order valence-corrected chi connectivity index (χ1v) is 24.5. The molecule has 0 bridgehead atoms. The van der Waals surface area contributed by atoms with Gasteiger partial charge in [0.1, 0.15) is 0 Å². The van der Waals surface area contributed by atoms with E-state index in [0.29, 0.717) is 0 Å². The van der Waals surface area contributed by atoms with E-state index in [1.165, 1.54) is 105 Å². The second-order valence-electron chi connectivity index (χ2n) is 18.7. The number of benzene rings is 10. The van der Waals surface area contributed by atoms with Crippen LogP contribution in [0, 0.1) is 0 Å². The van der Waals surface area contributed by atoms with E-state index in [0.717, 1.165) is 29.9 Å². The van der Waals surface area contributed by atoms with Crippen molar-refractivity contribution in [2.75, 3.05) is 9.80 Å². The normalized spacial score (nSPS) is 13.5. The van der Waals surface area contributed by atoms with Gasteiger partial charge < -0.3 is 14.4 Å². The first-order chi connectivity index (χ1) is 34.7. The van der Waals surface area contributed by atoms with Gasteiger partial charge >= 0.3 is 0 Å². The van der Waals surface area contributed by atoms with E-state index < -0.39 is 0 Å². The molecule has 3 heterocycles. The minimum Gasteiger partial charge on any atom is -0.311 e. The van der Waals surface area contributed by atoms with Gasteiger partial charge in [0.25, 0.3) is 6.71 Å². The third kappa shape index (κ3) is 6.52. The molecule has 0 atom stereocenters. The van der Waals surface area contributed by atoms with Crippen molar-refractivity contribution in [3.05, 3.63) is 260 Å². The van der Waals surface area contributed by atoms with Crippen molar-refractivity contribution in [2.24, 2.45) is 0 Å². The highest BCUT2D eigenvalue weighted by Gasteiger charge is 2.44. The Kier molecular flexibility index (Phi) is 9.45. The molecule has 0 radical (unpaired) electrons. The molecule has 0 spiro atoms. The fourth-order valence-corrected chi connectivity index (χ4v) is 11.6. The molecule has 14 rings (SSSR count). The zero-order chi connectivity index (χ0) is 46.1. The van der Waals surface area contributed by atoms with Crippen LogP contribution in [0.2, 0.25) is 0 Å². The summed E-state index contributed by atoms with van der Waals surface area (Å²) in [6.07, 6.45) is 9.10. The molecule has 2 aliphatic heterocycles. The fourth-order valence-electron chi connectivity index (χ4n) is 11.6. The topological polar surface area (TPSA) is 11.4 Å². The van der Waals surface area contributed by atoms with Crippen LogP contribution in [0.15, 0.2) is 255 Å². The second kappa shape index (κ2) is 16.4. The van der Waals surface area contributed by atoms with E-state index in [4.69, 9.17) is 0 Å². The zero-order valence-corrected chi connectivity index (χ0v) is 38.6. The van der Waals surface area contributed by atoms with Gasteiger partial charge in [0, 0.05) is 44.9 Å². The van der Waals surface area contributed by atoms with Crippen molar-refractivity contribution in [3.63, 3.8) is 0 Å². The molecule has 0 N–H and O–H groups in total. The summed E-state index contributed by atoms with van der Waals surface area (Å²) in [5.41, 5.74) is 24.0. The first kappa shape index (κ1) is 40.2. The lowest BCUT2D eigenvalue weighted by atomic mass is 9.33. The molecule has 10 aromatic carbocycles. The molecule has 11 aromatic rings. The average Bonchev–Trinajstić information content (AvgIpc) is 3.78. The predicted octanol–water partition coefficient (Wildman–Crippen LogP) is 15.6.